The minimum Gasteiger partial charge on any atom is -0.221 e. The number of hydrogen-bond donors (Lipinski definition) is 0. The van der Waals surface area contributed by atoms with Gasteiger partial charge in [-0.05, 0) is 0 Å². The van der Waals surface area contributed by atoms with Crippen molar-refractivity contribution >= 4 is 37.1 Å². The van der Waals surface area contributed by atoms with Crippen LogP contribution in [0, 0.1) is 0 Å². The van der Waals surface area contributed by atoms with Gasteiger partial charge in [0.1, 0.15) is 5.01 Å². The summed E-state index contributed by atoms with van der Waals surface area (Å²) >= 11 is 4.28. The largest absolute Gasteiger partial charge is 0.232 e. The van der Waals surface area contributed by atoms with Gasteiger partial charge in [-0.3, -0.25) is 0 Å². The molecule has 0 radical (unpaired) electrons. The van der Waals surface area contributed by atoms with Crippen molar-refractivity contribution in [3.8, 4) is 0 Å². The van der Waals surface area contributed by atoms with Crippen molar-refractivity contribution in [3.05, 3.63) is 5.01 Å². The van der Waals surface area contributed by atoms with Gasteiger partial charge in [0, 0.05) is 0 Å². The van der Waals surface area contributed by atoms with Crippen molar-refractivity contribution in [2.75, 3.05) is 5.75 Å². The van der Waals surface area contributed by atoms with Crippen LogP contribution in [-0.2, 0) is 15.2 Å². The second-order valence-electron chi connectivity index (χ2n) is 2.00. The highest BCUT2D eigenvalue weighted by molar-refractivity contribution is 9.08. The summed E-state index contributed by atoms with van der Waals surface area (Å²) in [5.74, 6) is 0.0733. The average Bonchev–Trinajstić information content (AvgIpc) is 2.52. The van der Waals surface area contributed by atoms with Crippen LogP contribution in [-0.4, -0.2) is 24.4 Å². The molecule has 0 saturated carbocycles. The zero-order chi connectivity index (χ0) is 9.19. The van der Waals surface area contributed by atoms with E-state index >= 15 is 0 Å². The van der Waals surface area contributed by atoms with Crippen LogP contribution in [0.1, 0.15) is 11.9 Å². The normalized spacial score (nSPS) is 11.8. The van der Waals surface area contributed by atoms with E-state index in [-0.39, 0.29) is 10.1 Å². The van der Waals surface area contributed by atoms with Crippen LogP contribution in [0.3, 0.4) is 0 Å². The van der Waals surface area contributed by atoms with Gasteiger partial charge in [0.05, 0.1) is 11.1 Å². The predicted octanol–water partition coefficient (Wildman–Crippen LogP) is 1.23. The molecule has 0 aliphatic heterocycles. The summed E-state index contributed by atoms with van der Waals surface area (Å²) in [5.41, 5.74) is 0. The van der Waals surface area contributed by atoms with E-state index in [2.05, 4.69) is 26.1 Å². The molecule has 0 unspecified atom stereocenters. The first-order chi connectivity index (χ1) is 5.60. The third-order valence-corrected chi connectivity index (χ3v) is 5.21. The van der Waals surface area contributed by atoms with Crippen LogP contribution < -0.4 is 0 Å². The molecule has 7 heteroatoms. The highest BCUT2D eigenvalue weighted by Gasteiger charge is 2.16. The van der Waals surface area contributed by atoms with Gasteiger partial charge in [-0.25, -0.2) is 8.42 Å². The van der Waals surface area contributed by atoms with E-state index < -0.39 is 9.84 Å². The van der Waals surface area contributed by atoms with Gasteiger partial charge in [0.15, 0.2) is 0 Å². The number of alkyl halides is 1. The molecule has 0 amide bonds. The Morgan fingerprint density at radius 2 is 2.17 bits per heavy atom. The van der Waals surface area contributed by atoms with E-state index in [0.717, 1.165) is 11.3 Å². The quantitative estimate of drug-likeness (QED) is 0.776. The fourth-order valence-corrected chi connectivity index (χ4v) is 2.98. The van der Waals surface area contributed by atoms with E-state index in [1.807, 2.05) is 0 Å². The minimum absolute atomic E-state index is 0.0733. The lowest BCUT2D eigenvalue weighted by Gasteiger charge is -1.90. The van der Waals surface area contributed by atoms with Crippen molar-refractivity contribution in [1.82, 2.24) is 10.2 Å². The first-order valence-corrected chi connectivity index (χ1v) is 6.80. The van der Waals surface area contributed by atoms with Crippen LogP contribution in [0.4, 0.5) is 0 Å². The van der Waals surface area contributed by atoms with Crippen LogP contribution in [0.2, 0.25) is 0 Å². The van der Waals surface area contributed by atoms with E-state index in [1.165, 1.54) is 0 Å². The first-order valence-electron chi connectivity index (χ1n) is 3.21. The Labute approximate surface area is 83.1 Å². The second-order valence-corrected chi connectivity index (χ2v) is 6.07. The zero-order valence-corrected chi connectivity index (χ0v) is 9.54. The maximum atomic E-state index is 11.2. The van der Waals surface area contributed by atoms with Crippen molar-refractivity contribution < 1.29 is 8.42 Å². The van der Waals surface area contributed by atoms with Crippen LogP contribution in [0.5, 0.6) is 0 Å². The standard InChI is InChI=1S/C5H7BrN2O2S2/c1-2-12(9,10)5-8-7-4(3-6)11-5/h2-3H2,1H3. The summed E-state index contributed by atoms with van der Waals surface area (Å²) in [4.78, 5) is 0. The Balaban J connectivity index is 3.05. The third-order valence-electron chi connectivity index (χ3n) is 1.21. The monoisotopic (exact) mass is 270 g/mol. The molecule has 0 fully saturated rings. The van der Waals surface area contributed by atoms with E-state index in [9.17, 15) is 8.42 Å². The van der Waals surface area contributed by atoms with Crippen LogP contribution in [0.25, 0.3) is 0 Å². The molecule has 1 aromatic heterocycles. The molecule has 0 aliphatic carbocycles. The van der Waals surface area contributed by atoms with E-state index in [0.29, 0.717) is 10.3 Å². The SMILES string of the molecule is CCS(=O)(=O)c1nnc(CBr)s1. The third kappa shape index (κ3) is 2.02. The van der Waals surface area contributed by atoms with Gasteiger partial charge in [-0.2, -0.15) is 0 Å². The number of halogens is 1. The summed E-state index contributed by atoms with van der Waals surface area (Å²) in [6, 6.07) is 0. The smallest absolute Gasteiger partial charge is 0.221 e. The Morgan fingerprint density at radius 3 is 2.58 bits per heavy atom. The highest BCUT2D eigenvalue weighted by atomic mass is 79.9. The summed E-state index contributed by atoms with van der Waals surface area (Å²) in [6.45, 7) is 1.59. The number of nitrogens with zero attached hydrogens (tertiary/aromatic N) is 2. The lowest BCUT2D eigenvalue weighted by molar-refractivity contribution is 0.595. The van der Waals surface area contributed by atoms with Gasteiger partial charge >= 0.3 is 0 Å². The molecule has 1 heterocycles. The molecule has 1 aromatic rings. The lowest BCUT2D eigenvalue weighted by atomic mass is 10.9. The van der Waals surface area contributed by atoms with Gasteiger partial charge in [0.25, 0.3) is 0 Å². The molecule has 68 valence electrons. The first kappa shape index (κ1) is 10.1. The highest BCUT2D eigenvalue weighted by Crippen LogP contribution is 2.18. The van der Waals surface area contributed by atoms with Gasteiger partial charge < -0.3 is 0 Å². The van der Waals surface area contributed by atoms with Gasteiger partial charge in [0.2, 0.25) is 14.2 Å². The lowest BCUT2D eigenvalue weighted by Crippen LogP contribution is -2.02. The molecule has 0 N–H and O–H groups in total. The maximum absolute atomic E-state index is 11.2. The van der Waals surface area contributed by atoms with Gasteiger partial charge in [-0.1, -0.05) is 34.2 Å². The second kappa shape index (κ2) is 3.80. The molecule has 1 rings (SSSR count). The fraction of sp³-hybridized carbons (Fsp3) is 0.600. The Hall–Kier alpha value is -0.0100. The number of sulfone groups is 1. The molecule has 0 spiro atoms. The molecular weight excluding hydrogens is 264 g/mol. The Bertz CT molecular complexity index is 359. The molecular formula is C5H7BrN2O2S2. The molecule has 4 nitrogen and oxygen atoms in total. The Morgan fingerprint density at radius 1 is 1.50 bits per heavy atom. The molecule has 0 atom stereocenters. The summed E-state index contributed by atoms with van der Waals surface area (Å²) in [5, 5.41) is 8.50. The maximum Gasteiger partial charge on any atom is 0.232 e. The molecule has 0 aliphatic rings. The predicted molar refractivity (Wildman–Crippen MR) is 50.3 cm³/mol. The fourth-order valence-electron chi connectivity index (χ4n) is 0.541. The number of rotatable bonds is 3. The average molecular weight is 271 g/mol. The topological polar surface area (TPSA) is 59.9 Å². The summed E-state index contributed by atoms with van der Waals surface area (Å²) < 4.78 is 22.6. The minimum atomic E-state index is -3.16. The zero-order valence-electron chi connectivity index (χ0n) is 6.32. The summed E-state index contributed by atoms with van der Waals surface area (Å²) in [6.07, 6.45) is 0. The molecule has 0 saturated heterocycles. The summed E-state index contributed by atoms with van der Waals surface area (Å²) in [7, 11) is -3.16. The molecule has 0 bridgehead atoms. The number of hydrogen-bond acceptors (Lipinski definition) is 5. The van der Waals surface area contributed by atoms with E-state index in [1.54, 1.807) is 6.92 Å². The number of aromatic nitrogens is 2. The van der Waals surface area contributed by atoms with Crippen LogP contribution >= 0.6 is 27.3 Å². The Kier molecular flexibility index (Phi) is 3.19. The van der Waals surface area contributed by atoms with Gasteiger partial charge in [-0.15, -0.1) is 10.2 Å². The van der Waals surface area contributed by atoms with Crippen LogP contribution in [0.15, 0.2) is 4.34 Å². The molecule has 12 heavy (non-hydrogen) atoms. The van der Waals surface area contributed by atoms with Crippen molar-refractivity contribution in [3.63, 3.8) is 0 Å². The van der Waals surface area contributed by atoms with Crippen molar-refractivity contribution in [1.29, 1.82) is 0 Å². The molecule has 0 aromatic carbocycles. The van der Waals surface area contributed by atoms with Crippen molar-refractivity contribution in [2.24, 2.45) is 0 Å². The van der Waals surface area contributed by atoms with Crippen molar-refractivity contribution in [2.45, 2.75) is 16.6 Å². The van der Waals surface area contributed by atoms with E-state index in [4.69, 9.17) is 0 Å².